The molecule has 1 aromatic heterocycles. The summed E-state index contributed by atoms with van der Waals surface area (Å²) in [6, 6.07) is 4.74. The molecule has 4 rings (SSSR count). The minimum atomic E-state index is -0.442. The first-order valence-corrected chi connectivity index (χ1v) is 11.7. The van der Waals surface area contributed by atoms with E-state index < -0.39 is 5.56 Å². The van der Waals surface area contributed by atoms with Crippen LogP contribution in [0.5, 0.6) is 0 Å². The summed E-state index contributed by atoms with van der Waals surface area (Å²) in [6.45, 7) is 7.56. The van der Waals surface area contributed by atoms with Crippen LogP contribution in [0.1, 0.15) is 30.5 Å². The number of anilines is 1. The number of H-pyrrole nitrogens is 1. The van der Waals surface area contributed by atoms with Gasteiger partial charge in [-0.25, -0.2) is 9.49 Å². The topological polar surface area (TPSA) is 106 Å². The second-order valence-electron chi connectivity index (χ2n) is 8.82. The van der Waals surface area contributed by atoms with Crippen molar-refractivity contribution in [2.24, 2.45) is 15.9 Å². The number of benzene rings is 1. The molecule has 0 unspecified atom stereocenters. The Balaban J connectivity index is 1.53. The highest BCUT2D eigenvalue weighted by atomic mass is 35.5. The van der Waals surface area contributed by atoms with Gasteiger partial charge in [0.25, 0.3) is 5.56 Å². The number of nitrogens with one attached hydrogen (secondary N) is 1. The van der Waals surface area contributed by atoms with Gasteiger partial charge in [-0.1, -0.05) is 17.7 Å². The molecule has 2 saturated heterocycles. The van der Waals surface area contributed by atoms with Crippen molar-refractivity contribution >= 4 is 28.7 Å². The molecule has 3 N–H and O–H groups in total. The molecule has 11 heteroatoms. The highest BCUT2D eigenvalue weighted by Crippen LogP contribution is 2.27. The van der Waals surface area contributed by atoms with Crippen LogP contribution in [0.25, 0.3) is 0 Å². The summed E-state index contributed by atoms with van der Waals surface area (Å²) in [4.78, 5) is 23.3. The van der Waals surface area contributed by atoms with Crippen LogP contribution in [0.15, 0.2) is 39.3 Å². The van der Waals surface area contributed by atoms with Crippen LogP contribution in [0, 0.1) is 5.82 Å². The zero-order valence-corrected chi connectivity index (χ0v) is 20.2. The maximum Gasteiger partial charge on any atom is 0.285 e. The van der Waals surface area contributed by atoms with Gasteiger partial charge in [-0.2, -0.15) is 10.2 Å². The molecule has 3 heterocycles. The molecule has 1 atom stereocenters. The molecular weight excluding hydrogens is 459 g/mol. The van der Waals surface area contributed by atoms with E-state index in [1.165, 1.54) is 12.3 Å². The summed E-state index contributed by atoms with van der Waals surface area (Å²) in [5.41, 5.74) is 3.46. The van der Waals surface area contributed by atoms with Crippen molar-refractivity contribution in [2.45, 2.75) is 25.9 Å². The van der Waals surface area contributed by atoms with Crippen LogP contribution in [0.4, 0.5) is 10.1 Å². The van der Waals surface area contributed by atoms with E-state index in [1.807, 2.05) is 17.9 Å². The number of halogens is 2. The van der Waals surface area contributed by atoms with Crippen molar-refractivity contribution in [2.75, 3.05) is 51.2 Å². The smallest absolute Gasteiger partial charge is 0.285 e. The lowest BCUT2D eigenvalue weighted by Crippen LogP contribution is -2.44. The molecule has 2 aromatic rings. The van der Waals surface area contributed by atoms with Crippen molar-refractivity contribution in [3.63, 3.8) is 0 Å². The number of aromatic amines is 1. The third-order valence-electron chi connectivity index (χ3n) is 6.46. The number of likely N-dealkylation sites (N-methyl/N-ethyl adjacent to an activating group) is 1. The Morgan fingerprint density at radius 2 is 2.00 bits per heavy atom. The lowest BCUT2D eigenvalue weighted by Gasteiger charge is -2.33. The molecule has 2 aliphatic rings. The van der Waals surface area contributed by atoms with Gasteiger partial charge in [-0.15, -0.1) is 0 Å². The van der Waals surface area contributed by atoms with Crippen LogP contribution in [-0.2, 0) is 6.54 Å². The number of piperazine rings is 1. The van der Waals surface area contributed by atoms with Crippen molar-refractivity contribution < 1.29 is 4.39 Å². The Morgan fingerprint density at radius 3 is 2.74 bits per heavy atom. The van der Waals surface area contributed by atoms with Gasteiger partial charge in [-0.3, -0.25) is 14.7 Å². The third kappa shape index (κ3) is 5.45. The summed E-state index contributed by atoms with van der Waals surface area (Å²) in [5.74, 6) is 5.46. The third-order valence-corrected chi connectivity index (χ3v) is 6.83. The molecule has 1 aromatic carbocycles. The van der Waals surface area contributed by atoms with Gasteiger partial charge in [0.2, 0.25) is 0 Å². The number of nitrogens with two attached hydrogens (primary N) is 1. The minimum absolute atomic E-state index is 0.0833. The van der Waals surface area contributed by atoms with Crippen molar-refractivity contribution in [3.05, 3.63) is 56.7 Å². The molecule has 0 aliphatic carbocycles. The quantitative estimate of drug-likeness (QED) is 0.492. The highest BCUT2D eigenvalue weighted by molar-refractivity contribution is 6.44. The fourth-order valence-corrected chi connectivity index (χ4v) is 4.67. The fraction of sp³-hybridized carbons (Fsp3) is 0.478. The number of aromatic nitrogens is 2. The zero-order valence-electron chi connectivity index (χ0n) is 19.5. The molecule has 0 amide bonds. The summed E-state index contributed by atoms with van der Waals surface area (Å²) in [5, 5.41) is 10.2. The number of aliphatic imine (C=N–C) groups is 1. The Labute approximate surface area is 203 Å². The van der Waals surface area contributed by atoms with Crippen LogP contribution in [-0.4, -0.2) is 77.7 Å². The Hall–Kier alpha value is -2.82. The van der Waals surface area contributed by atoms with Gasteiger partial charge < -0.3 is 15.6 Å². The van der Waals surface area contributed by atoms with Crippen LogP contribution in [0.3, 0.4) is 0 Å². The SMILES string of the molecule is C[C@H](N=C1CCN(c2cn[nH]c(=O)c2Cl)C/C1=N/N)c1ccc(F)cc1CN1CCN(C)CC1. The van der Waals surface area contributed by atoms with Crippen molar-refractivity contribution in [1.82, 2.24) is 20.0 Å². The maximum atomic E-state index is 14.1. The zero-order chi connectivity index (χ0) is 24.2. The first kappa shape index (κ1) is 24.3. The summed E-state index contributed by atoms with van der Waals surface area (Å²) >= 11 is 6.17. The fourth-order valence-electron chi connectivity index (χ4n) is 4.46. The first-order chi connectivity index (χ1) is 16.4. The van der Waals surface area contributed by atoms with E-state index in [0.717, 1.165) is 43.0 Å². The number of hydrazone groups is 1. The van der Waals surface area contributed by atoms with E-state index in [-0.39, 0.29) is 16.9 Å². The maximum absolute atomic E-state index is 14.1. The van der Waals surface area contributed by atoms with E-state index in [9.17, 15) is 9.18 Å². The standard InChI is InChI=1S/C23H30ClFN8O/c1-15(18-4-3-17(25)11-16(18)13-32-9-7-31(2)8-10-32)28-19-5-6-33(14-20(19)29-26)21-12-27-30-23(34)22(21)24/h3-4,11-12,15H,5-10,13-14,26H2,1-2H3,(H,30,34)/b28-19?,29-20-/t15-/m0/s1. The average Bonchev–Trinajstić information content (AvgIpc) is 2.82. The highest BCUT2D eigenvalue weighted by Gasteiger charge is 2.25. The van der Waals surface area contributed by atoms with Gasteiger partial charge >= 0.3 is 0 Å². The van der Waals surface area contributed by atoms with E-state index in [4.69, 9.17) is 22.4 Å². The monoisotopic (exact) mass is 488 g/mol. The number of piperidine rings is 1. The van der Waals surface area contributed by atoms with Gasteiger partial charge in [-0.05, 0) is 37.2 Å². The minimum Gasteiger partial charge on any atom is -0.362 e. The Kier molecular flexibility index (Phi) is 7.60. The summed E-state index contributed by atoms with van der Waals surface area (Å²) in [6.07, 6.45) is 2.10. The summed E-state index contributed by atoms with van der Waals surface area (Å²) < 4.78 is 14.1. The predicted octanol–water partition coefficient (Wildman–Crippen LogP) is 2.04. The molecule has 0 radical (unpaired) electrons. The van der Waals surface area contributed by atoms with Crippen molar-refractivity contribution in [1.29, 1.82) is 0 Å². The molecule has 0 bridgehead atoms. The van der Waals surface area contributed by atoms with E-state index >= 15 is 0 Å². The summed E-state index contributed by atoms with van der Waals surface area (Å²) in [7, 11) is 2.12. The van der Waals surface area contributed by atoms with Crippen LogP contribution < -0.4 is 16.3 Å². The van der Waals surface area contributed by atoms with E-state index in [1.54, 1.807) is 6.07 Å². The molecule has 0 spiro atoms. The number of hydrogen-bond donors (Lipinski definition) is 2. The molecule has 2 fully saturated rings. The number of nitrogens with zero attached hydrogens (tertiary/aromatic N) is 6. The Bertz CT molecular complexity index is 1140. The van der Waals surface area contributed by atoms with Gasteiger partial charge in [0.1, 0.15) is 16.6 Å². The largest absolute Gasteiger partial charge is 0.362 e. The molecular formula is C23H30ClFN8O. The van der Waals surface area contributed by atoms with Crippen molar-refractivity contribution in [3.8, 4) is 0 Å². The Morgan fingerprint density at radius 1 is 1.24 bits per heavy atom. The van der Waals surface area contributed by atoms with E-state index in [2.05, 4.69) is 32.1 Å². The molecule has 2 aliphatic heterocycles. The normalized spacial score (nSPS) is 21.4. The van der Waals surface area contributed by atoms with Gasteiger partial charge in [0.15, 0.2) is 0 Å². The average molecular weight is 489 g/mol. The second kappa shape index (κ2) is 10.6. The number of rotatable bonds is 5. The predicted molar refractivity (Wildman–Crippen MR) is 133 cm³/mol. The van der Waals surface area contributed by atoms with Gasteiger partial charge in [0, 0.05) is 45.7 Å². The number of hydrogen-bond acceptors (Lipinski definition) is 8. The first-order valence-electron chi connectivity index (χ1n) is 11.4. The second-order valence-corrected chi connectivity index (χ2v) is 9.20. The van der Waals surface area contributed by atoms with Crippen LogP contribution >= 0.6 is 11.6 Å². The molecule has 34 heavy (non-hydrogen) atoms. The van der Waals surface area contributed by atoms with E-state index in [0.29, 0.717) is 37.5 Å². The lowest BCUT2D eigenvalue weighted by molar-refractivity contribution is 0.147. The lowest BCUT2D eigenvalue weighted by atomic mass is 9.99. The molecule has 9 nitrogen and oxygen atoms in total. The van der Waals surface area contributed by atoms with Crippen LogP contribution in [0.2, 0.25) is 5.02 Å². The molecule has 182 valence electrons. The van der Waals surface area contributed by atoms with Gasteiger partial charge in [0.05, 0.1) is 30.2 Å². The molecule has 0 saturated carbocycles.